The zero-order valence-corrected chi connectivity index (χ0v) is 8.88. The van der Waals surface area contributed by atoms with Crippen molar-refractivity contribution in [1.29, 1.82) is 0 Å². The molecular formula is C10H22N2O. The molecule has 1 N–H and O–H groups in total. The molecule has 0 radical (unpaired) electrons. The maximum Gasteiger partial charge on any atom is 0.0589 e. The Morgan fingerprint density at radius 1 is 1.38 bits per heavy atom. The lowest BCUT2D eigenvalue weighted by molar-refractivity contribution is 0.161. The molecule has 0 aliphatic carbocycles. The van der Waals surface area contributed by atoms with E-state index < -0.39 is 0 Å². The Balaban J connectivity index is 3.07. The molecule has 0 rings (SSSR count). The van der Waals surface area contributed by atoms with E-state index in [-0.39, 0.29) is 0 Å². The topological polar surface area (TPSA) is 24.5 Å². The van der Waals surface area contributed by atoms with Crippen LogP contribution in [0.4, 0.5) is 0 Å². The second kappa shape index (κ2) is 9.71. The largest absolute Gasteiger partial charge is 0.383 e. The van der Waals surface area contributed by atoms with E-state index in [0.717, 1.165) is 39.2 Å². The first kappa shape index (κ1) is 12.6. The number of likely N-dealkylation sites (N-methyl/N-ethyl adjacent to an activating group) is 1. The maximum absolute atomic E-state index is 4.98. The SMILES string of the molecule is C=CCCNCCN(C)CCOC. The molecular weight excluding hydrogens is 164 g/mol. The molecule has 0 bridgehead atoms. The molecule has 0 atom stereocenters. The van der Waals surface area contributed by atoms with Crippen molar-refractivity contribution in [2.45, 2.75) is 6.42 Å². The number of hydrogen-bond donors (Lipinski definition) is 1. The predicted molar refractivity (Wildman–Crippen MR) is 57.1 cm³/mol. The lowest BCUT2D eigenvalue weighted by Crippen LogP contribution is -2.31. The minimum Gasteiger partial charge on any atom is -0.383 e. The third-order valence-corrected chi connectivity index (χ3v) is 1.87. The van der Waals surface area contributed by atoms with Crippen molar-refractivity contribution in [3.63, 3.8) is 0 Å². The third-order valence-electron chi connectivity index (χ3n) is 1.87. The van der Waals surface area contributed by atoms with Gasteiger partial charge < -0.3 is 15.0 Å². The van der Waals surface area contributed by atoms with Gasteiger partial charge in [-0.1, -0.05) is 6.08 Å². The van der Waals surface area contributed by atoms with E-state index in [1.165, 1.54) is 0 Å². The highest BCUT2D eigenvalue weighted by Gasteiger charge is 1.95. The summed E-state index contributed by atoms with van der Waals surface area (Å²) in [6.45, 7) is 8.61. The number of rotatable bonds is 9. The van der Waals surface area contributed by atoms with Gasteiger partial charge in [0.05, 0.1) is 6.61 Å². The van der Waals surface area contributed by atoms with Crippen LogP contribution in [0.5, 0.6) is 0 Å². The zero-order valence-electron chi connectivity index (χ0n) is 8.88. The summed E-state index contributed by atoms with van der Waals surface area (Å²) < 4.78 is 4.98. The van der Waals surface area contributed by atoms with Crippen molar-refractivity contribution >= 4 is 0 Å². The van der Waals surface area contributed by atoms with Crippen LogP contribution in [0.2, 0.25) is 0 Å². The van der Waals surface area contributed by atoms with Crippen molar-refractivity contribution in [3.8, 4) is 0 Å². The molecule has 0 amide bonds. The van der Waals surface area contributed by atoms with Crippen molar-refractivity contribution in [2.24, 2.45) is 0 Å². The van der Waals surface area contributed by atoms with E-state index >= 15 is 0 Å². The van der Waals surface area contributed by atoms with Crippen LogP contribution in [0.3, 0.4) is 0 Å². The normalized spacial score (nSPS) is 10.7. The van der Waals surface area contributed by atoms with Gasteiger partial charge in [-0.2, -0.15) is 0 Å². The number of nitrogens with zero attached hydrogens (tertiary/aromatic N) is 1. The van der Waals surface area contributed by atoms with E-state index in [2.05, 4.69) is 23.8 Å². The van der Waals surface area contributed by atoms with Gasteiger partial charge in [-0.3, -0.25) is 0 Å². The minimum atomic E-state index is 0.809. The van der Waals surface area contributed by atoms with Crippen molar-refractivity contribution < 1.29 is 4.74 Å². The number of ether oxygens (including phenoxy) is 1. The van der Waals surface area contributed by atoms with Crippen LogP contribution in [0, 0.1) is 0 Å². The Bertz CT molecular complexity index is 117. The Kier molecular flexibility index (Phi) is 9.42. The molecule has 0 unspecified atom stereocenters. The average Bonchev–Trinajstić information content (AvgIpc) is 2.14. The minimum absolute atomic E-state index is 0.809. The fourth-order valence-electron chi connectivity index (χ4n) is 0.958. The van der Waals surface area contributed by atoms with E-state index in [4.69, 9.17) is 4.74 Å². The summed E-state index contributed by atoms with van der Waals surface area (Å²) in [7, 11) is 3.84. The second-order valence-corrected chi connectivity index (χ2v) is 3.12. The van der Waals surface area contributed by atoms with Crippen LogP contribution in [-0.4, -0.2) is 51.8 Å². The first-order chi connectivity index (χ1) is 6.31. The zero-order chi connectivity index (χ0) is 9.94. The molecule has 0 saturated carbocycles. The first-order valence-corrected chi connectivity index (χ1v) is 4.80. The van der Waals surface area contributed by atoms with Crippen LogP contribution in [0.25, 0.3) is 0 Å². The number of hydrogen-bond acceptors (Lipinski definition) is 3. The Labute approximate surface area is 81.8 Å². The quantitative estimate of drug-likeness (QED) is 0.424. The fourth-order valence-corrected chi connectivity index (χ4v) is 0.958. The molecule has 0 heterocycles. The molecule has 0 aliphatic heterocycles. The molecule has 0 fully saturated rings. The van der Waals surface area contributed by atoms with Gasteiger partial charge in [-0.15, -0.1) is 6.58 Å². The molecule has 3 nitrogen and oxygen atoms in total. The van der Waals surface area contributed by atoms with Gasteiger partial charge in [0, 0.05) is 26.7 Å². The van der Waals surface area contributed by atoms with Gasteiger partial charge in [-0.05, 0) is 20.0 Å². The summed E-state index contributed by atoms with van der Waals surface area (Å²) in [5.74, 6) is 0. The first-order valence-electron chi connectivity index (χ1n) is 4.80. The third kappa shape index (κ3) is 9.53. The van der Waals surface area contributed by atoms with E-state index in [0.29, 0.717) is 0 Å². The summed E-state index contributed by atoms with van der Waals surface area (Å²) in [5, 5.41) is 3.34. The standard InChI is InChI=1S/C10H22N2O/c1-4-5-6-11-7-8-12(2)9-10-13-3/h4,11H,1,5-10H2,2-3H3. The summed E-state index contributed by atoms with van der Waals surface area (Å²) in [4.78, 5) is 2.25. The highest BCUT2D eigenvalue weighted by Crippen LogP contribution is 1.81. The van der Waals surface area contributed by atoms with Crippen molar-refractivity contribution in [3.05, 3.63) is 12.7 Å². The Morgan fingerprint density at radius 2 is 2.15 bits per heavy atom. The highest BCUT2D eigenvalue weighted by atomic mass is 16.5. The molecule has 78 valence electrons. The lowest BCUT2D eigenvalue weighted by Gasteiger charge is -2.15. The van der Waals surface area contributed by atoms with E-state index in [1.807, 2.05) is 6.08 Å². The maximum atomic E-state index is 4.98. The van der Waals surface area contributed by atoms with Crippen LogP contribution >= 0.6 is 0 Å². The van der Waals surface area contributed by atoms with Gasteiger partial charge in [0.15, 0.2) is 0 Å². The molecule has 0 aliphatic rings. The van der Waals surface area contributed by atoms with Crippen molar-refractivity contribution in [1.82, 2.24) is 10.2 Å². The summed E-state index contributed by atoms with van der Waals surface area (Å²) in [6.07, 6.45) is 2.98. The summed E-state index contributed by atoms with van der Waals surface area (Å²) in [6, 6.07) is 0. The van der Waals surface area contributed by atoms with Crippen LogP contribution in [-0.2, 0) is 4.74 Å². The molecule has 0 spiro atoms. The Hall–Kier alpha value is -0.380. The van der Waals surface area contributed by atoms with Gasteiger partial charge in [-0.25, -0.2) is 0 Å². The highest BCUT2D eigenvalue weighted by molar-refractivity contribution is 4.67. The second-order valence-electron chi connectivity index (χ2n) is 3.12. The van der Waals surface area contributed by atoms with Gasteiger partial charge >= 0.3 is 0 Å². The molecule has 0 saturated heterocycles. The van der Waals surface area contributed by atoms with Crippen LogP contribution in [0.15, 0.2) is 12.7 Å². The monoisotopic (exact) mass is 186 g/mol. The van der Waals surface area contributed by atoms with Crippen LogP contribution < -0.4 is 5.32 Å². The van der Waals surface area contributed by atoms with Gasteiger partial charge in [0.25, 0.3) is 0 Å². The van der Waals surface area contributed by atoms with Gasteiger partial charge in [0.2, 0.25) is 0 Å². The van der Waals surface area contributed by atoms with E-state index in [1.54, 1.807) is 7.11 Å². The summed E-state index contributed by atoms with van der Waals surface area (Å²) >= 11 is 0. The summed E-state index contributed by atoms with van der Waals surface area (Å²) in [5.41, 5.74) is 0. The molecule has 3 heteroatoms. The average molecular weight is 186 g/mol. The molecule has 0 aromatic rings. The number of nitrogens with one attached hydrogen (secondary N) is 1. The van der Waals surface area contributed by atoms with Crippen molar-refractivity contribution in [2.75, 3.05) is 46.9 Å². The molecule has 0 aromatic heterocycles. The van der Waals surface area contributed by atoms with E-state index in [9.17, 15) is 0 Å². The lowest BCUT2D eigenvalue weighted by atomic mass is 10.4. The predicted octanol–water partition coefficient (Wildman–Crippen LogP) is 0.730. The van der Waals surface area contributed by atoms with Gasteiger partial charge in [0.1, 0.15) is 0 Å². The van der Waals surface area contributed by atoms with Crippen LogP contribution in [0.1, 0.15) is 6.42 Å². The Morgan fingerprint density at radius 3 is 2.77 bits per heavy atom. The fraction of sp³-hybridized carbons (Fsp3) is 0.800. The molecule has 13 heavy (non-hydrogen) atoms. The molecule has 0 aromatic carbocycles. The number of methoxy groups -OCH3 is 1. The smallest absolute Gasteiger partial charge is 0.0589 e.